The summed E-state index contributed by atoms with van der Waals surface area (Å²) in [6.07, 6.45) is 1.75. The van der Waals surface area contributed by atoms with Crippen molar-refractivity contribution in [3.05, 3.63) is 41.7 Å². The molecular weight excluding hydrogens is 374 g/mol. The molecule has 2 aromatic rings. The fourth-order valence-electron chi connectivity index (χ4n) is 3.41. The van der Waals surface area contributed by atoms with E-state index in [1.165, 1.54) is 0 Å². The SMILES string of the molecule is COc1ccc(CN2CCNC(=O)C2CC(=O)N(C)Cc2ccn[nH]2)c(OC)c1. The van der Waals surface area contributed by atoms with Crippen LogP contribution in [0.4, 0.5) is 0 Å². The third-order valence-corrected chi connectivity index (χ3v) is 5.07. The van der Waals surface area contributed by atoms with Crippen LogP contribution in [0.5, 0.6) is 11.5 Å². The Bertz CT molecular complexity index is 839. The lowest BCUT2D eigenvalue weighted by molar-refractivity contribution is -0.138. The number of benzene rings is 1. The Balaban J connectivity index is 1.70. The van der Waals surface area contributed by atoms with E-state index in [9.17, 15) is 9.59 Å². The van der Waals surface area contributed by atoms with Crippen molar-refractivity contribution in [2.75, 3.05) is 34.4 Å². The number of nitrogens with zero attached hydrogens (tertiary/aromatic N) is 3. The molecule has 2 N–H and O–H groups in total. The summed E-state index contributed by atoms with van der Waals surface area (Å²) < 4.78 is 10.7. The number of H-pyrrole nitrogens is 1. The standard InChI is InChI=1S/C20H27N5O4/c1-24(13-15-6-7-22-23-15)19(26)11-17-20(27)21-8-9-25(17)12-14-4-5-16(28-2)10-18(14)29-3/h4-7,10,17H,8-9,11-13H2,1-3H3,(H,21,27)(H,22,23). The van der Waals surface area contributed by atoms with Gasteiger partial charge < -0.3 is 19.7 Å². The number of aromatic amines is 1. The summed E-state index contributed by atoms with van der Waals surface area (Å²) in [6, 6.07) is 6.89. The average molecular weight is 401 g/mol. The minimum Gasteiger partial charge on any atom is -0.497 e. The third-order valence-electron chi connectivity index (χ3n) is 5.07. The monoisotopic (exact) mass is 401 g/mol. The molecule has 0 bridgehead atoms. The minimum atomic E-state index is -0.535. The lowest BCUT2D eigenvalue weighted by atomic mass is 10.1. The number of aromatic nitrogens is 2. The lowest BCUT2D eigenvalue weighted by Crippen LogP contribution is -2.56. The van der Waals surface area contributed by atoms with Crippen molar-refractivity contribution in [1.82, 2.24) is 25.3 Å². The Morgan fingerprint density at radius 2 is 2.14 bits per heavy atom. The van der Waals surface area contributed by atoms with Crippen LogP contribution in [0.1, 0.15) is 17.7 Å². The lowest BCUT2D eigenvalue weighted by Gasteiger charge is -2.35. The van der Waals surface area contributed by atoms with Gasteiger partial charge in [0.15, 0.2) is 0 Å². The van der Waals surface area contributed by atoms with E-state index in [1.807, 2.05) is 29.2 Å². The molecule has 0 saturated carbocycles. The quantitative estimate of drug-likeness (QED) is 0.678. The molecule has 29 heavy (non-hydrogen) atoms. The van der Waals surface area contributed by atoms with E-state index in [-0.39, 0.29) is 18.2 Å². The number of methoxy groups -OCH3 is 2. The van der Waals surface area contributed by atoms with Gasteiger partial charge in [-0.15, -0.1) is 0 Å². The van der Waals surface area contributed by atoms with Crippen LogP contribution >= 0.6 is 0 Å². The number of hydrogen-bond acceptors (Lipinski definition) is 6. The van der Waals surface area contributed by atoms with Gasteiger partial charge in [0.05, 0.1) is 38.9 Å². The van der Waals surface area contributed by atoms with Gasteiger partial charge in [0.1, 0.15) is 11.5 Å². The summed E-state index contributed by atoms with van der Waals surface area (Å²) in [4.78, 5) is 28.9. The van der Waals surface area contributed by atoms with E-state index >= 15 is 0 Å². The molecule has 0 aliphatic carbocycles. The maximum absolute atomic E-state index is 12.7. The zero-order chi connectivity index (χ0) is 20.8. The molecule has 156 valence electrons. The number of rotatable bonds is 8. The van der Waals surface area contributed by atoms with E-state index < -0.39 is 6.04 Å². The molecule has 3 rings (SSSR count). The van der Waals surface area contributed by atoms with Crippen molar-refractivity contribution < 1.29 is 19.1 Å². The molecule has 0 radical (unpaired) electrons. The number of amides is 2. The van der Waals surface area contributed by atoms with Crippen molar-refractivity contribution in [2.45, 2.75) is 25.6 Å². The largest absolute Gasteiger partial charge is 0.497 e. The van der Waals surface area contributed by atoms with Gasteiger partial charge in [-0.05, 0) is 12.1 Å². The Morgan fingerprint density at radius 1 is 1.31 bits per heavy atom. The summed E-state index contributed by atoms with van der Waals surface area (Å²) in [5.41, 5.74) is 1.78. The highest BCUT2D eigenvalue weighted by Crippen LogP contribution is 2.27. The van der Waals surface area contributed by atoms with E-state index in [4.69, 9.17) is 9.47 Å². The number of nitrogens with one attached hydrogen (secondary N) is 2. The predicted molar refractivity (Wildman–Crippen MR) is 106 cm³/mol. The molecule has 1 aromatic carbocycles. The highest BCUT2D eigenvalue weighted by Gasteiger charge is 2.33. The molecule has 1 saturated heterocycles. The molecule has 2 heterocycles. The fourth-order valence-corrected chi connectivity index (χ4v) is 3.41. The Kier molecular flexibility index (Phi) is 6.71. The van der Waals surface area contributed by atoms with Crippen LogP contribution in [0.2, 0.25) is 0 Å². The fraction of sp³-hybridized carbons (Fsp3) is 0.450. The summed E-state index contributed by atoms with van der Waals surface area (Å²) >= 11 is 0. The summed E-state index contributed by atoms with van der Waals surface area (Å²) in [6.45, 7) is 2.12. The zero-order valence-corrected chi connectivity index (χ0v) is 17.0. The van der Waals surface area contributed by atoms with Crippen LogP contribution in [0, 0.1) is 0 Å². The second-order valence-electron chi connectivity index (χ2n) is 6.99. The zero-order valence-electron chi connectivity index (χ0n) is 17.0. The normalized spacial score (nSPS) is 16.9. The number of hydrogen-bond donors (Lipinski definition) is 2. The van der Waals surface area contributed by atoms with E-state index in [0.29, 0.717) is 37.7 Å². The minimum absolute atomic E-state index is 0.103. The first-order chi connectivity index (χ1) is 14.0. The van der Waals surface area contributed by atoms with Gasteiger partial charge in [0.25, 0.3) is 0 Å². The maximum atomic E-state index is 12.7. The number of carbonyl (C=O) groups excluding carboxylic acids is 2. The molecule has 2 amide bonds. The highest BCUT2D eigenvalue weighted by atomic mass is 16.5. The summed E-state index contributed by atoms with van der Waals surface area (Å²) in [7, 11) is 4.93. The van der Waals surface area contributed by atoms with E-state index in [2.05, 4.69) is 15.5 Å². The Morgan fingerprint density at radius 3 is 2.83 bits per heavy atom. The first kappa shape index (κ1) is 20.7. The molecule has 9 heteroatoms. The van der Waals surface area contributed by atoms with Crippen LogP contribution in [-0.4, -0.2) is 72.2 Å². The molecule has 1 aliphatic heterocycles. The smallest absolute Gasteiger partial charge is 0.237 e. The summed E-state index contributed by atoms with van der Waals surface area (Å²) in [5, 5.41) is 9.60. The van der Waals surface area contributed by atoms with Gasteiger partial charge in [0.2, 0.25) is 11.8 Å². The van der Waals surface area contributed by atoms with Crippen molar-refractivity contribution >= 4 is 11.8 Å². The predicted octanol–water partition coefficient (Wildman–Crippen LogP) is 0.776. The van der Waals surface area contributed by atoms with Crippen molar-refractivity contribution in [3.63, 3.8) is 0 Å². The van der Waals surface area contributed by atoms with E-state index in [1.54, 1.807) is 32.4 Å². The second kappa shape index (κ2) is 9.42. The van der Waals surface area contributed by atoms with Crippen molar-refractivity contribution in [2.24, 2.45) is 0 Å². The van der Waals surface area contributed by atoms with Crippen LogP contribution in [0.25, 0.3) is 0 Å². The van der Waals surface area contributed by atoms with E-state index in [0.717, 1.165) is 11.3 Å². The maximum Gasteiger partial charge on any atom is 0.237 e. The van der Waals surface area contributed by atoms with Crippen molar-refractivity contribution in [3.8, 4) is 11.5 Å². The molecule has 1 fully saturated rings. The van der Waals surface area contributed by atoms with Gasteiger partial charge in [-0.25, -0.2) is 0 Å². The molecule has 1 aromatic heterocycles. The molecule has 0 spiro atoms. The number of piperazine rings is 1. The Labute approximate surface area is 170 Å². The first-order valence-corrected chi connectivity index (χ1v) is 9.46. The van der Waals surface area contributed by atoms with Gasteiger partial charge in [-0.1, -0.05) is 6.07 Å². The average Bonchev–Trinajstić information content (AvgIpc) is 3.23. The molecule has 1 aliphatic rings. The number of carbonyl (C=O) groups is 2. The van der Waals surface area contributed by atoms with Crippen LogP contribution in [-0.2, 0) is 22.7 Å². The summed E-state index contributed by atoms with van der Waals surface area (Å²) in [5.74, 6) is 1.16. The first-order valence-electron chi connectivity index (χ1n) is 9.46. The van der Waals surface area contributed by atoms with Crippen LogP contribution in [0.3, 0.4) is 0 Å². The van der Waals surface area contributed by atoms with Gasteiger partial charge in [-0.3, -0.25) is 19.6 Å². The van der Waals surface area contributed by atoms with Crippen LogP contribution < -0.4 is 14.8 Å². The van der Waals surface area contributed by atoms with Gasteiger partial charge in [0, 0.05) is 44.5 Å². The molecule has 9 nitrogen and oxygen atoms in total. The molecule has 1 unspecified atom stereocenters. The van der Waals surface area contributed by atoms with Gasteiger partial charge in [-0.2, -0.15) is 5.10 Å². The van der Waals surface area contributed by atoms with Crippen molar-refractivity contribution in [1.29, 1.82) is 0 Å². The van der Waals surface area contributed by atoms with Gasteiger partial charge >= 0.3 is 0 Å². The second-order valence-corrected chi connectivity index (χ2v) is 6.99. The number of ether oxygens (including phenoxy) is 2. The topological polar surface area (TPSA) is 99.8 Å². The highest BCUT2D eigenvalue weighted by molar-refractivity contribution is 5.88. The third kappa shape index (κ3) is 5.05. The molecular formula is C20H27N5O4. The molecule has 1 atom stereocenters. The van der Waals surface area contributed by atoms with Crippen LogP contribution in [0.15, 0.2) is 30.5 Å². The Hall–Kier alpha value is -3.07.